The Labute approximate surface area is 558 Å². The summed E-state index contributed by atoms with van der Waals surface area (Å²) in [5.41, 5.74) is 40.6. The lowest BCUT2D eigenvalue weighted by Crippen LogP contribution is -2.60. The summed E-state index contributed by atoms with van der Waals surface area (Å²) in [5, 5.41) is 21.1. The van der Waals surface area contributed by atoms with Gasteiger partial charge in [0.1, 0.15) is 54.4 Å². The monoisotopic (exact) mass is 1350 g/mol. The van der Waals surface area contributed by atoms with E-state index in [9.17, 15) is 62.3 Å². The van der Waals surface area contributed by atoms with Gasteiger partial charge in [-0.1, -0.05) is 74.5 Å². The standard InChI is InChI=1S/C63H98N18O13S/c1-37(2)33-45(57(89)74-41(53(68)85)27-32-95-3)73-52(84)36-72-54(86)46(34-38-15-6-4-7-16-38)78-58(90)47(35-39-17-8-5-9-18-39)79-56(88)42(23-25-50(66)82)75-55(87)43(24-26-51(67)83)76-59(91)49-22-14-31-81(49)62(94)44(20-10-11-28-64)77-60(92)48-21-13-30-80(48)61(93)40(65)19-12-29-71-63(69)70/h4-9,15-18,37,40-49H,10-14,19-36,64-65H2,1-3H3,(H2,66,82)(H2,67,83)(H2,68,85)(H,72,86)(H,73,84)(H,74,89)(H,75,87)(H,76,91)(H,77,92)(H,78,90)(H,79,88)(H4,69,70,71)/t40-,41-,42+,43-,44-,45-,46+,47-,48+,49-/m0/s1. The zero-order chi connectivity index (χ0) is 70.1. The summed E-state index contributed by atoms with van der Waals surface area (Å²) in [6.45, 7) is 3.86. The Balaban J connectivity index is 1.56. The van der Waals surface area contributed by atoms with Gasteiger partial charge in [-0.25, -0.2) is 0 Å². The van der Waals surface area contributed by atoms with Crippen molar-refractivity contribution in [2.75, 3.05) is 44.7 Å². The molecule has 4 rings (SSSR count). The number of benzene rings is 2. The van der Waals surface area contributed by atoms with Crippen LogP contribution in [0.15, 0.2) is 65.7 Å². The van der Waals surface area contributed by atoms with Gasteiger partial charge in [-0.15, -0.1) is 0 Å². The lowest BCUT2D eigenvalue weighted by Gasteiger charge is -2.32. The van der Waals surface area contributed by atoms with Crippen LogP contribution in [0.3, 0.4) is 0 Å². The topological polar surface area (TPSA) is 519 Å². The maximum absolute atomic E-state index is 14.7. The molecule has 0 radical (unpaired) electrons. The summed E-state index contributed by atoms with van der Waals surface area (Å²) in [6.07, 6.45) is 3.12. The summed E-state index contributed by atoms with van der Waals surface area (Å²) in [4.78, 5) is 185. The molecular formula is C63H98N18O13S. The molecule has 32 heteroatoms. The minimum absolute atomic E-state index is 0.0736. The highest BCUT2D eigenvalue weighted by Gasteiger charge is 2.42. The Kier molecular flexibility index (Phi) is 33.9. The van der Waals surface area contributed by atoms with Crippen LogP contribution in [0.2, 0.25) is 0 Å². The third kappa shape index (κ3) is 27.5. The van der Waals surface area contributed by atoms with E-state index < -0.39 is 169 Å². The van der Waals surface area contributed by atoms with Gasteiger partial charge in [-0.2, -0.15) is 11.8 Å². The third-order valence-electron chi connectivity index (χ3n) is 16.0. The molecule has 2 heterocycles. The molecule has 0 bridgehead atoms. The van der Waals surface area contributed by atoms with Gasteiger partial charge in [0.15, 0.2) is 5.96 Å². The van der Waals surface area contributed by atoms with Gasteiger partial charge < -0.3 is 92.5 Å². The van der Waals surface area contributed by atoms with Crippen molar-refractivity contribution >= 4 is 94.5 Å². The molecule has 524 valence electrons. The fraction of sp³-hybridized carbons (Fsp3) is 0.587. The second-order valence-corrected chi connectivity index (χ2v) is 25.1. The number of guanidine groups is 1. The van der Waals surface area contributed by atoms with Crippen molar-refractivity contribution in [3.8, 4) is 0 Å². The molecule has 0 spiro atoms. The Morgan fingerprint density at radius 2 is 1.01 bits per heavy atom. The molecule has 0 aromatic heterocycles. The molecule has 0 saturated carbocycles. The molecule has 2 aromatic carbocycles. The zero-order valence-electron chi connectivity index (χ0n) is 54.5. The highest BCUT2D eigenvalue weighted by molar-refractivity contribution is 7.98. The fourth-order valence-electron chi connectivity index (χ4n) is 11.0. The lowest BCUT2D eigenvalue weighted by molar-refractivity contribution is -0.144. The number of nitrogens with zero attached hydrogens (tertiary/aromatic N) is 3. The van der Waals surface area contributed by atoms with Gasteiger partial charge >= 0.3 is 0 Å². The maximum Gasteiger partial charge on any atom is 0.245 e. The number of likely N-dealkylation sites (tertiary alicyclic amines) is 2. The number of thioether (sulfide) groups is 1. The predicted octanol–water partition coefficient (Wildman–Crippen LogP) is -3.71. The van der Waals surface area contributed by atoms with Crippen LogP contribution >= 0.6 is 11.8 Å². The van der Waals surface area contributed by atoms with E-state index in [1.54, 1.807) is 60.7 Å². The molecule has 2 saturated heterocycles. The molecule has 10 atom stereocenters. The van der Waals surface area contributed by atoms with Crippen LogP contribution in [0.4, 0.5) is 0 Å². The predicted molar refractivity (Wildman–Crippen MR) is 356 cm³/mol. The summed E-state index contributed by atoms with van der Waals surface area (Å²) < 4.78 is 0. The van der Waals surface area contributed by atoms with E-state index in [0.717, 1.165) is 0 Å². The number of amides is 13. The SMILES string of the molecule is CSCC[C@H](NC(=O)[C@H](CC(C)C)NC(=O)CNC(=O)[C@@H](Cc1ccccc1)NC(=O)[C@H](Cc1ccccc1)NC(=O)[C@@H](CCC(N)=O)NC(=O)[C@H](CCC(N)=O)NC(=O)[C@@H]1CCCN1C(=O)[C@H](CCCCN)NC(=O)[C@H]1CCCN1C(=O)[C@@H](N)CCCN=C(N)N)C(N)=O. The van der Waals surface area contributed by atoms with E-state index in [1.807, 2.05) is 20.1 Å². The molecule has 2 aromatic rings. The van der Waals surface area contributed by atoms with E-state index in [4.69, 9.17) is 40.1 Å². The first-order chi connectivity index (χ1) is 45.2. The van der Waals surface area contributed by atoms with E-state index in [-0.39, 0.29) is 83.0 Å². The lowest BCUT2D eigenvalue weighted by atomic mass is 10.0. The van der Waals surface area contributed by atoms with Crippen LogP contribution in [0.25, 0.3) is 0 Å². The van der Waals surface area contributed by atoms with Crippen molar-refractivity contribution in [1.29, 1.82) is 0 Å². The molecule has 13 amide bonds. The maximum atomic E-state index is 14.7. The Bertz CT molecular complexity index is 2960. The van der Waals surface area contributed by atoms with E-state index >= 15 is 0 Å². The summed E-state index contributed by atoms with van der Waals surface area (Å²) in [5.74, 6) is -9.80. The first-order valence-corrected chi connectivity index (χ1v) is 33.6. The number of rotatable bonds is 42. The van der Waals surface area contributed by atoms with Crippen LogP contribution in [0.1, 0.15) is 121 Å². The first-order valence-electron chi connectivity index (χ1n) is 32.2. The zero-order valence-corrected chi connectivity index (χ0v) is 55.3. The summed E-state index contributed by atoms with van der Waals surface area (Å²) in [6, 6.07) is 4.51. The number of hydrogen-bond acceptors (Lipinski definition) is 17. The van der Waals surface area contributed by atoms with Crippen molar-refractivity contribution in [3.63, 3.8) is 0 Å². The van der Waals surface area contributed by atoms with Crippen molar-refractivity contribution in [3.05, 3.63) is 71.8 Å². The second-order valence-electron chi connectivity index (χ2n) is 24.1. The number of nitrogens with one attached hydrogen (secondary N) is 8. The second kappa shape index (κ2) is 41.0. The van der Waals surface area contributed by atoms with Crippen LogP contribution < -0.4 is 82.7 Å². The number of nitrogens with two attached hydrogens (primary N) is 7. The molecule has 2 fully saturated rings. The molecule has 31 nitrogen and oxygen atoms in total. The minimum Gasteiger partial charge on any atom is -0.370 e. The molecule has 0 aliphatic carbocycles. The van der Waals surface area contributed by atoms with Crippen LogP contribution in [0, 0.1) is 5.92 Å². The third-order valence-corrected chi connectivity index (χ3v) is 16.7. The van der Waals surface area contributed by atoms with Crippen molar-refractivity contribution < 1.29 is 62.3 Å². The molecule has 2 aliphatic heterocycles. The smallest absolute Gasteiger partial charge is 0.245 e. The van der Waals surface area contributed by atoms with Gasteiger partial charge in [0, 0.05) is 45.3 Å². The number of carbonyl (C=O) groups excluding carboxylic acids is 13. The van der Waals surface area contributed by atoms with Crippen LogP contribution in [-0.4, -0.2) is 198 Å². The van der Waals surface area contributed by atoms with Crippen LogP contribution in [-0.2, 0) is 75.2 Å². The average Bonchev–Trinajstić information content (AvgIpc) is 1.74. The molecule has 22 N–H and O–H groups in total. The summed E-state index contributed by atoms with van der Waals surface area (Å²) in [7, 11) is 0. The number of hydrogen-bond donors (Lipinski definition) is 15. The minimum atomic E-state index is -1.64. The highest BCUT2D eigenvalue weighted by atomic mass is 32.2. The van der Waals surface area contributed by atoms with Gasteiger partial charge in [-0.3, -0.25) is 67.3 Å². The Morgan fingerprint density at radius 3 is 1.51 bits per heavy atom. The molecule has 95 heavy (non-hydrogen) atoms. The Morgan fingerprint density at radius 1 is 0.537 bits per heavy atom. The first kappa shape index (κ1) is 78.5. The molecule has 0 unspecified atom stereocenters. The van der Waals surface area contributed by atoms with Gasteiger partial charge in [0.2, 0.25) is 76.8 Å². The average molecular weight is 1350 g/mol. The van der Waals surface area contributed by atoms with Crippen LogP contribution in [0.5, 0.6) is 0 Å². The van der Waals surface area contributed by atoms with Gasteiger partial charge in [0.25, 0.3) is 0 Å². The number of primary amides is 3. The number of aliphatic imine (C=N–C) groups is 1. The number of unbranched alkanes of at least 4 members (excludes halogenated alkanes) is 1. The quantitative estimate of drug-likeness (QED) is 0.0173. The fourth-order valence-corrected chi connectivity index (χ4v) is 11.5. The molecular weight excluding hydrogens is 1250 g/mol. The normalized spacial score (nSPS) is 16.8. The van der Waals surface area contributed by atoms with Crippen molar-refractivity contribution in [1.82, 2.24) is 52.3 Å². The molecule has 2 aliphatic rings. The van der Waals surface area contributed by atoms with Gasteiger partial charge in [0.05, 0.1) is 12.6 Å². The summed E-state index contributed by atoms with van der Waals surface area (Å²) >= 11 is 1.45. The highest BCUT2D eigenvalue weighted by Crippen LogP contribution is 2.24. The van der Waals surface area contributed by atoms with Crippen molar-refractivity contribution in [2.45, 2.75) is 183 Å². The van der Waals surface area contributed by atoms with Crippen molar-refractivity contribution in [2.24, 2.45) is 51.0 Å². The Hall–Kier alpha value is -8.91. The largest absolute Gasteiger partial charge is 0.370 e. The van der Waals surface area contributed by atoms with E-state index in [2.05, 4.69) is 47.5 Å². The van der Waals surface area contributed by atoms with E-state index in [1.165, 1.54) is 21.6 Å². The number of carbonyl (C=O) groups is 13. The van der Waals surface area contributed by atoms with E-state index in [0.29, 0.717) is 55.4 Å². The van der Waals surface area contributed by atoms with Gasteiger partial charge in [-0.05, 0) is 119 Å².